The van der Waals surface area contributed by atoms with Gasteiger partial charge < -0.3 is 10.6 Å². The number of fused-ring (bicyclic) bond motifs is 1. The normalized spacial score (nSPS) is 27.7. The standard InChI is InChI=1S/C16H25N3/c1-11-4-5-14-15(13(11)3)18-10-12(2)16(14)19-8-6-17-7-9-19/h4-5,12,16-18H,6-10H2,1-3H3. The Morgan fingerprint density at radius 3 is 2.63 bits per heavy atom. The van der Waals surface area contributed by atoms with Gasteiger partial charge in [-0.15, -0.1) is 0 Å². The minimum atomic E-state index is 0.581. The van der Waals surface area contributed by atoms with Gasteiger partial charge in [0.2, 0.25) is 0 Å². The third kappa shape index (κ3) is 2.26. The summed E-state index contributed by atoms with van der Waals surface area (Å²) in [6, 6.07) is 5.20. The Bertz CT molecular complexity index is 463. The molecule has 0 saturated carbocycles. The molecule has 0 amide bonds. The minimum Gasteiger partial charge on any atom is -0.384 e. The predicted molar refractivity (Wildman–Crippen MR) is 80.8 cm³/mol. The highest BCUT2D eigenvalue weighted by Crippen LogP contribution is 2.40. The van der Waals surface area contributed by atoms with Gasteiger partial charge in [0.1, 0.15) is 0 Å². The summed E-state index contributed by atoms with van der Waals surface area (Å²) in [5.41, 5.74) is 5.70. The fourth-order valence-electron chi connectivity index (χ4n) is 3.52. The Morgan fingerprint density at radius 1 is 1.16 bits per heavy atom. The lowest BCUT2D eigenvalue weighted by Gasteiger charge is -2.42. The first-order valence-electron chi connectivity index (χ1n) is 7.47. The molecule has 2 N–H and O–H groups in total. The molecule has 1 saturated heterocycles. The van der Waals surface area contributed by atoms with E-state index in [4.69, 9.17) is 0 Å². The van der Waals surface area contributed by atoms with E-state index in [1.54, 1.807) is 0 Å². The maximum atomic E-state index is 3.65. The molecule has 3 rings (SSSR count). The topological polar surface area (TPSA) is 27.3 Å². The second-order valence-electron chi connectivity index (χ2n) is 6.06. The van der Waals surface area contributed by atoms with Gasteiger partial charge in [-0.25, -0.2) is 0 Å². The first-order valence-corrected chi connectivity index (χ1v) is 7.47. The maximum absolute atomic E-state index is 3.65. The van der Waals surface area contributed by atoms with Gasteiger partial charge in [-0.2, -0.15) is 0 Å². The molecule has 3 nitrogen and oxygen atoms in total. The van der Waals surface area contributed by atoms with E-state index in [9.17, 15) is 0 Å². The van der Waals surface area contributed by atoms with Crippen molar-refractivity contribution in [1.82, 2.24) is 10.2 Å². The number of nitrogens with one attached hydrogen (secondary N) is 2. The van der Waals surface area contributed by atoms with Crippen LogP contribution in [0.2, 0.25) is 0 Å². The van der Waals surface area contributed by atoms with Crippen LogP contribution in [0.1, 0.15) is 29.7 Å². The highest BCUT2D eigenvalue weighted by molar-refractivity contribution is 5.62. The molecule has 0 spiro atoms. The van der Waals surface area contributed by atoms with E-state index < -0.39 is 0 Å². The van der Waals surface area contributed by atoms with E-state index in [1.807, 2.05) is 0 Å². The number of benzene rings is 1. The number of nitrogens with zero attached hydrogens (tertiary/aromatic N) is 1. The van der Waals surface area contributed by atoms with Gasteiger partial charge in [-0.1, -0.05) is 19.1 Å². The van der Waals surface area contributed by atoms with E-state index in [2.05, 4.69) is 48.4 Å². The van der Waals surface area contributed by atoms with Gasteiger partial charge in [-0.05, 0) is 36.5 Å². The third-order valence-electron chi connectivity index (χ3n) is 4.77. The predicted octanol–water partition coefficient (Wildman–Crippen LogP) is 2.31. The van der Waals surface area contributed by atoms with Crippen molar-refractivity contribution in [2.75, 3.05) is 38.0 Å². The maximum Gasteiger partial charge on any atom is 0.0421 e. The Hall–Kier alpha value is -1.06. The SMILES string of the molecule is Cc1ccc2c(c1C)NCC(C)C2N1CCNCC1. The second-order valence-corrected chi connectivity index (χ2v) is 6.06. The van der Waals surface area contributed by atoms with Gasteiger partial charge >= 0.3 is 0 Å². The van der Waals surface area contributed by atoms with Crippen LogP contribution in [0.25, 0.3) is 0 Å². The Balaban J connectivity index is 1.99. The van der Waals surface area contributed by atoms with Gasteiger partial charge in [0.15, 0.2) is 0 Å². The molecule has 1 fully saturated rings. The van der Waals surface area contributed by atoms with Crippen LogP contribution in [0.5, 0.6) is 0 Å². The molecule has 0 radical (unpaired) electrons. The molecule has 2 unspecified atom stereocenters. The number of hydrogen-bond acceptors (Lipinski definition) is 3. The van der Waals surface area contributed by atoms with E-state index in [0.717, 1.165) is 19.6 Å². The van der Waals surface area contributed by atoms with Gasteiger partial charge in [0.25, 0.3) is 0 Å². The molecule has 2 aliphatic heterocycles. The Kier molecular flexibility index (Phi) is 3.50. The third-order valence-corrected chi connectivity index (χ3v) is 4.77. The summed E-state index contributed by atoms with van der Waals surface area (Å²) in [6.07, 6.45) is 0. The molecule has 104 valence electrons. The molecule has 2 aliphatic rings. The summed E-state index contributed by atoms with van der Waals surface area (Å²) in [5, 5.41) is 7.10. The number of piperazine rings is 1. The average molecular weight is 259 g/mol. The molecule has 0 aromatic heterocycles. The van der Waals surface area contributed by atoms with Crippen LogP contribution >= 0.6 is 0 Å². The van der Waals surface area contributed by atoms with Crippen LogP contribution in [-0.2, 0) is 0 Å². The van der Waals surface area contributed by atoms with E-state index >= 15 is 0 Å². The average Bonchev–Trinajstić information content (AvgIpc) is 2.44. The lowest BCUT2D eigenvalue weighted by Crippen LogP contribution is -2.48. The quantitative estimate of drug-likeness (QED) is 0.810. The number of anilines is 1. The van der Waals surface area contributed by atoms with E-state index in [0.29, 0.717) is 12.0 Å². The monoisotopic (exact) mass is 259 g/mol. The molecular weight excluding hydrogens is 234 g/mol. The molecule has 2 heterocycles. The zero-order valence-electron chi connectivity index (χ0n) is 12.3. The lowest BCUT2D eigenvalue weighted by atomic mass is 9.85. The highest BCUT2D eigenvalue weighted by atomic mass is 15.2. The fourth-order valence-corrected chi connectivity index (χ4v) is 3.52. The van der Waals surface area contributed by atoms with Crippen molar-refractivity contribution < 1.29 is 0 Å². The molecule has 3 heteroatoms. The zero-order valence-corrected chi connectivity index (χ0v) is 12.3. The summed E-state index contributed by atoms with van der Waals surface area (Å²) < 4.78 is 0. The lowest BCUT2D eigenvalue weighted by molar-refractivity contribution is 0.132. The first-order chi connectivity index (χ1) is 9.18. The summed E-state index contributed by atoms with van der Waals surface area (Å²) >= 11 is 0. The molecule has 0 bridgehead atoms. The molecule has 1 aromatic carbocycles. The highest BCUT2D eigenvalue weighted by Gasteiger charge is 2.32. The van der Waals surface area contributed by atoms with E-state index in [-0.39, 0.29) is 0 Å². The van der Waals surface area contributed by atoms with Gasteiger partial charge in [0, 0.05) is 44.5 Å². The first kappa shape index (κ1) is 12.9. The van der Waals surface area contributed by atoms with Crippen LogP contribution in [0, 0.1) is 19.8 Å². The molecule has 2 atom stereocenters. The Labute approximate surface area is 116 Å². The van der Waals surface area contributed by atoms with Crippen LogP contribution in [0.3, 0.4) is 0 Å². The number of rotatable bonds is 1. The van der Waals surface area contributed by atoms with Gasteiger partial charge in [0.05, 0.1) is 0 Å². The fraction of sp³-hybridized carbons (Fsp3) is 0.625. The summed E-state index contributed by atoms with van der Waals surface area (Å²) in [7, 11) is 0. The molecule has 19 heavy (non-hydrogen) atoms. The van der Waals surface area contributed by atoms with Crippen LogP contribution in [0.4, 0.5) is 5.69 Å². The smallest absolute Gasteiger partial charge is 0.0421 e. The second kappa shape index (κ2) is 5.14. The van der Waals surface area contributed by atoms with Crippen molar-refractivity contribution in [2.45, 2.75) is 26.8 Å². The van der Waals surface area contributed by atoms with Crippen molar-refractivity contribution >= 4 is 5.69 Å². The van der Waals surface area contributed by atoms with Crippen molar-refractivity contribution in [2.24, 2.45) is 5.92 Å². The molecule has 1 aromatic rings. The summed E-state index contributed by atoms with van der Waals surface area (Å²) in [4.78, 5) is 2.66. The number of hydrogen-bond donors (Lipinski definition) is 2. The summed E-state index contributed by atoms with van der Waals surface area (Å²) in [5.74, 6) is 0.674. The van der Waals surface area contributed by atoms with Gasteiger partial charge in [-0.3, -0.25) is 4.90 Å². The Morgan fingerprint density at radius 2 is 1.89 bits per heavy atom. The molecule has 0 aliphatic carbocycles. The summed E-state index contributed by atoms with van der Waals surface area (Å²) in [6.45, 7) is 12.5. The van der Waals surface area contributed by atoms with Crippen LogP contribution in [-0.4, -0.2) is 37.6 Å². The zero-order chi connectivity index (χ0) is 13.4. The van der Waals surface area contributed by atoms with Crippen molar-refractivity contribution in [3.05, 3.63) is 28.8 Å². The minimum absolute atomic E-state index is 0.581. The van der Waals surface area contributed by atoms with Crippen LogP contribution in [0.15, 0.2) is 12.1 Å². The van der Waals surface area contributed by atoms with Crippen molar-refractivity contribution in [1.29, 1.82) is 0 Å². The van der Waals surface area contributed by atoms with Crippen molar-refractivity contribution in [3.63, 3.8) is 0 Å². The van der Waals surface area contributed by atoms with Crippen molar-refractivity contribution in [3.8, 4) is 0 Å². The number of aryl methyl sites for hydroxylation is 1. The molecular formula is C16H25N3. The van der Waals surface area contributed by atoms with E-state index in [1.165, 1.54) is 35.5 Å². The van der Waals surface area contributed by atoms with Crippen LogP contribution < -0.4 is 10.6 Å². The largest absolute Gasteiger partial charge is 0.384 e.